The van der Waals surface area contributed by atoms with Gasteiger partial charge >= 0.3 is 7.60 Å². The molecule has 0 aromatic rings. The largest absolute Gasteiger partial charge is 0.363 e. The molecule has 0 radical (unpaired) electrons. The Hall–Kier alpha value is 0.0700. The summed E-state index contributed by atoms with van der Waals surface area (Å²) in [5.74, 6) is 0. The van der Waals surface area contributed by atoms with Crippen LogP contribution in [0.25, 0.3) is 0 Å². The standard InChI is InChI=1S/C16H37N2O3P/c1-6-7-8-9-10-11-12-13-14-15-16-22(19,20-17(2)3)21-18(4)5/h6-16H2,1-5H3. The Kier molecular flexibility index (Phi) is 13.5. The summed E-state index contributed by atoms with van der Waals surface area (Å²) in [5, 5.41) is 2.92. The van der Waals surface area contributed by atoms with Gasteiger partial charge in [-0.3, -0.25) is 4.57 Å². The predicted octanol–water partition coefficient (Wildman–Crippen LogP) is 5.09. The second-order valence-corrected chi connectivity index (χ2v) is 8.30. The van der Waals surface area contributed by atoms with Gasteiger partial charge in [-0.1, -0.05) is 64.7 Å². The molecule has 0 aliphatic rings. The van der Waals surface area contributed by atoms with Gasteiger partial charge in [-0.05, 0) is 6.42 Å². The number of hydroxylamine groups is 4. The van der Waals surface area contributed by atoms with Crippen molar-refractivity contribution < 1.29 is 13.8 Å². The van der Waals surface area contributed by atoms with Crippen LogP contribution in [-0.4, -0.2) is 44.5 Å². The number of hydrogen-bond donors (Lipinski definition) is 0. The van der Waals surface area contributed by atoms with Gasteiger partial charge in [0.1, 0.15) is 0 Å². The molecule has 0 aromatic carbocycles. The van der Waals surface area contributed by atoms with Crippen LogP contribution in [0.4, 0.5) is 0 Å². The van der Waals surface area contributed by atoms with E-state index in [-0.39, 0.29) is 0 Å². The lowest BCUT2D eigenvalue weighted by Crippen LogP contribution is -2.18. The van der Waals surface area contributed by atoms with E-state index in [0.717, 1.165) is 12.8 Å². The highest BCUT2D eigenvalue weighted by molar-refractivity contribution is 7.53. The quantitative estimate of drug-likeness (QED) is 0.237. The molecular formula is C16H37N2O3P. The summed E-state index contributed by atoms with van der Waals surface area (Å²) < 4.78 is 23.3. The van der Waals surface area contributed by atoms with E-state index in [1.807, 2.05) is 0 Å². The molecule has 0 spiro atoms. The minimum Gasteiger partial charge on any atom is -0.257 e. The first-order valence-corrected chi connectivity index (χ1v) is 10.5. The molecular weight excluding hydrogens is 299 g/mol. The Labute approximate surface area is 137 Å². The summed E-state index contributed by atoms with van der Waals surface area (Å²) in [4.78, 5) is 0. The van der Waals surface area contributed by atoms with E-state index in [9.17, 15) is 4.57 Å². The first-order chi connectivity index (χ1) is 10.4. The molecule has 6 heteroatoms. The van der Waals surface area contributed by atoms with Gasteiger partial charge in [0, 0.05) is 28.2 Å². The van der Waals surface area contributed by atoms with Crippen molar-refractivity contribution in [2.45, 2.75) is 71.1 Å². The fourth-order valence-electron chi connectivity index (χ4n) is 2.39. The molecule has 134 valence electrons. The molecule has 0 N–H and O–H groups in total. The number of rotatable bonds is 15. The van der Waals surface area contributed by atoms with Gasteiger partial charge in [0.05, 0.1) is 6.16 Å². The normalized spacial score (nSPS) is 12.5. The Balaban J connectivity index is 3.70. The average Bonchev–Trinajstić information content (AvgIpc) is 2.39. The minimum absolute atomic E-state index is 0.472. The van der Waals surface area contributed by atoms with E-state index in [1.165, 1.54) is 61.5 Å². The maximum atomic E-state index is 12.5. The number of unbranched alkanes of at least 4 members (excludes halogenated alkanes) is 9. The van der Waals surface area contributed by atoms with Crippen LogP contribution in [0.2, 0.25) is 0 Å². The molecule has 5 nitrogen and oxygen atoms in total. The Morgan fingerprint density at radius 2 is 1.05 bits per heavy atom. The van der Waals surface area contributed by atoms with Crippen LogP contribution >= 0.6 is 7.60 Å². The van der Waals surface area contributed by atoms with E-state index >= 15 is 0 Å². The SMILES string of the molecule is CCCCCCCCCCCCP(=O)(ON(C)C)ON(C)C. The monoisotopic (exact) mass is 336 g/mol. The smallest absolute Gasteiger partial charge is 0.257 e. The summed E-state index contributed by atoms with van der Waals surface area (Å²) >= 11 is 0. The van der Waals surface area contributed by atoms with Crippen molar-refractivity contribution in [2.24, 2.45) is 0 Å². The van der Waals surface area contributed by atoms with Crippen molar-refractivity contribution in [3.05, 3.63) is 0 Å². The molecule has 0 aliphatic carbocycles. The van der Waals surface area contributed by atoms with Gasteiger partial charge in [-0.2, -0.15) is 10.1 Å². The van der Waals surface area contributed by atoms with Crippen LogP contribution in [-0.2, 0) is 13.8 Å². The molecule has 0 amide bonds. The molecule has 0 saturated heterocycles. The predicted molar refractivity (Wildman–Crippen MR) is 93.9 cm³/mol. The van der Waals surface area contributed by atoms with Gasteiger partial charge in [0.25, 0.3) is 0 Å². The highest BCUT2D eigenvalue weighted by Crippen LogP contribution is 2.49. The van der Waals surface area contributed by atoms with Crippen molar-refractivity contribution >= 4 is 7.60 Å². The first kappa shape index (κ1) is 22.1. The molecule has 0 saturated carbocycles. The summed E-state index contributed by atoms with van der Waals surface area (Å²) in [7, 11) is 3.85. The van der Waals surface area contributed by atoms with Crippen LogP contribution in [0, 0.1) is 0 Å². The van der Waals surface area contributed by atoms with Crippen molar-refractivity contribution in [3.8, 4) is 0 Å². The van der Waals surface area contributed by atoms with Crippen LogP contribution in [0.15, 0.2) is 0 Å². The molecule has 0 unspecified atom stereocenters. The third kappa shape index (κ3) is 13.7. The van der Waals surface area contributed by atoms with Crippen molar-refractivity contribution in [2.75, 3.05) is 34.4 Å². The van der Waals surface area contributed by atoms with E-state index in [1.54, 1.807) is 28.2 Å². The van der Waals surface area contributed by atoms with Crippen LogP contribution in [0.3, 0.4) is 0 Å². The van der Waals surface area contributed by atoms with E-state index < -0.39 is 7.60 Å². The fourth-order valence-corrected chi connectivity index (χ4v) is 4.19. The topological polar surface area (TPSA) is 42.0 Å². The van der Waals surface area contributed by atoms with E-state index in [4.69, 9.17) is 9.25 Å². The van der Waals surface area contributed by atoms with Crippen LogP contribution in [0.5, 0.6) is 0 Å². The first-order valence-electron chi connectivity index (χ1n) is 8.73. The van der Waals surface area contributed by atoms with Crippen LogP contribution < -0.4 is 0 Å². The summed E-state index contributed by atoms with van der Waals surface area (Å²) in [6.45, 7) is 2.25. The van der Waals surface area contributed by atoms with Gasteiger partial charge in [-0.15, -0.1) is 0 Å². The van der Waals surface area contributed by atoms with Gasteiger partial charge in [-0.25, -0.2) is 9.25 Å². The van der Waals surface area contributed by atoms with Gasteiger partial charge in [0.15, 0.2) is 0 Å². The Morgan fingerprint density at radius 3 is 1.41 bits per heavy atom. The molecule has 0 aliphatic heterocycles. The zero-order chi connectivity index (χ0) is 16.8. The summed E-state index contributed by atoms with van der Waals surface area (Å²) in [6, 6.07) is 0. The third-order valence-corrected chi connectivity index (χ3v) is 5.38. The molecule has 0 aromatic heterocycles. The van der Waals surface area contributed by atoms with Crippen molar-refractivity contribution in [1.82, 2.24) is 10.1 Å². The average molecular weight is 336 g/mol. The number of hydrogen-bond acceptors (Lipinski definition) is 5. The van der Waals surface area contributed by atoms with Crippen LogP contribution in [0.1, 0.15) is 71.1 Å². The van der Waals surface area contributed by atoms with E-state index in [0.29, 0.717) is 6.16 Å². The second kappa shape index (κ2) is 13.5. The molecule has 0 bridgehead atoms. The molecule has 22 heavy (non-hydrogen) atoms. The lowest BCUT2D eigenvalue weighted by atomic mass is 10.1. The lowest BCUT2D eigenvalue weighted by molar-refractivity contribution is -0.0771. The molecule has 0 heterocycles. The van der Waals surface area contributed by atoms with Crippen molar-refractivity contribution in [3.63, 3.8) is 0 Å². The lowest BCUT2D eigenvalue weighted by Gasteiger charge is -2.23. The zero-order valence-corrected chi connectivity index (χ0v) is 16.2. The maximum Gasteiger partial charge on any atom is 0.363 e. The van der Waals surface area contributed by atoms with Gasteiger partial charge < -0.3 is 0 Å². The minimum atomic E-state index is -3.05. The zero-order valence-electron chi connectivity index (χ0n) is 15.3. The van der Waals surface area contributed by atoms with E-state index in [2.05, 4.69) is 6.92 Å². The summed E-state index contributed by atoms with van der Waals surface area (Å²) in [5.41, 5.74) is 0. The molecule has 0 fully saturated rings. The molecule has 0 rings (SSSR count). The number of nitrogens with zero attached hydrogens (tertiary/aromatic N) is 2. The Bertz CT molecular complexity index is 285. The second-order valence-electron chi connectivity index (χ2n) is 6.30. The Morgan fingerprint density at radius 1 is 0.682 bits per heavy atom. The molecule has 0 atom stereocenters. The third-order valence-electron chi connectivity index (χ3n) is 3.36. The summed E-state index contributed by atoms with van der Waals surface area (Å²) in [6.07, 6.45) is 13.0. The highest BCUT2D eigenvalue weighted by atomic mass is 31.2. The fraction of sp³-hybridized carbons (Fsp3) is 1.00. The van der Waals surface area contributed by atoms with Gasteiger partial charge in [0.2, 0.25) is 0 Å². The van der Waals surface area contributed by atoms with Crippen molar-refractivity contribution in [1.29, 1.82) is 0 Å². The highest BCUT2D eigenvalue weighted by Gasteiger charge is 2.27. The maximum absolute atomic E-state index is 12.5.